The van der Waals surface area contributed by atoms with Gasteiger partial charge in [-0.2, -0.15) is 0 Å². The molecule has 0 aromatic heterocycles. The van der Waals surface area contributed by atoms with Crippen molar-refractivity contribution in [3.63, 3.8) is 0 Å². The van der Waals surface area contributed by atoms with Crippen molar-refractivity contribution in [2.45, 2.75) is 25.8 Å². The molecule has 1 N–H and O–H groups in total. The summed E-state index contributed by atoms with van der Waals surface area (Å²) in [7, 11) is 0. The fourth-order valence-corrected chi connectivity index (χ4v) is 3.67. The van der Waals surface area contributed by atoms with Crippen LogP contribution >= 0.6 is 12.2 Å². The van der Waals surface area contributed by atoms with Gasteiger partial charge in [0.15, 0.2) is 5.11 Å². The molecule has 3 rings (SSSR count). The highest BCUT2D eigenvalue weighted by atomic mass is 32.1. The molecule has 1 unspecified atom stereocenters. The molecule has 1 aliphatic heterocycles. The van der Waals surface area contributed by atoms with E-state index in [1.165, 1.54) is 23.1 Å². The average Bonchev–Trinajstić information content (AvgIpc) is 2.97. The predicted molar refractivity (Wildman–Crippen MR) is 123 cm³/mol. The number of nitrogens with zero attached hydrogens (tertiary/aromatic N) is 2. The fourth-order valence-electron chi connectivity index (χ4n) is 3.28. The van der Waals surface area contributed by atoms with Crippen molar-refractivity contribution < 1.29 is 18.7 Å². The summed E-state index contributed by atoms with van der Waals surface area (Å²) in [6.07, 6.45) is 2.41. The maximum Gasteiger partial charge on any atom is 0.256 e. The van der Waals surface area contributed by atoms with Crippen LogP contribution in [0.4, 0.5) is 15.8 Å². The lowest BCUT2D eigenvalue weighted by Crippen LogP contribution is -2.37. The zero-order valence-corrected chi connectivity index (χ0v) is 18.0. The van der Waals surface area contributed by atoms with Gasteiger partial charge in [0.1, 0.15) is 17.6 Å². The van der Waals surface area contributed by atoms with Crippen LogP contribution in [-0.2, 0) is 9.59 Å². The summed E-state index contributed by atoms with van der Waals surface area (Å²) in [5.74, 6) is -0.468. The van der Waals surface area contributed by atoms with Crippen molar-refractivity contribution in [3.05, 3.63) is 67.0 Å². The first kappa shape index (κ1) is 22.4. The van der Waals surface area contributed by atoms with E-state index in [-0.39, 0.29) is 29.9 Å². The van der Waals surface area contributed by atoms with Gasteiger partial charge in [-0.05, 0) is 61.1 Å². The van der Waals surface area contributed by atoms with E-state index in [1.807, 2.05) is 6.92 Å². The second kappa shape index (κ2) is 10.2. The van der Waals surface area contributed by atoms with Crippen molar-refractivity contribution in [2.24, 2.45) is 0 Å². The van der Waals surface area contributed by atoms with E-state index in [0.717, 1.165) is 12.2 Å². The smallest absolute Gasteiger partial charge is 0.256 e. The molecule has 2 aromatic carbocycles. The van der Waals surface area contributed by atoms with E-state index in [0.29, 0.717) is 18.0 Å². The van der Waals surface area contributed by atoms with Gasteiger partial charge < -0.3 is 15.0 Å². The number of thiocarbonyl (C=S) groups is 1. The van der Waals surface area contributed by atoms with E-state index >= 15 is 0 Å². The second-order valence-corrected chi connectivity index (χ2v) is 7.38. The molecule has 1 fully saturated rings. The molecule has 1 heterocycles. The highest BCUT2D eigenvalue weighted by molar-refractivity contribution is 7.80. The fraction of sp³-hybridized carbons (Fsp3) is 0.261. The van der Waals surface area contributed by atoms with Gasteiger partial charge in [0.25, 0.3) is 5.91 Å². The zero-order chi connectivity index (χ0) is 22.4. The Labute approximate surface area is 186 Å². The number of hydrogen-bond donors (Lipinski definition) is 1. The van der Waals surface area contributed by atoms with Crippen molar-refractivity contribution >= 4 is 40.5 Å². The van der Waals surface area contributed by atoms with Crippen molar-refractivity contribution in [3.8, 4) is 5.75 Å². The SMILES string of the molecule is C=CCN1C(=S)N(c2cccc(F)c2)C(=O)C1CC(=O)Nc1ccc(OCCC)cc1. The third kappa shape index (κ3) is 5.27. The molecule has 0 aliphatic carbocycles. The van der Waals surface area contributed by atoms with E-state index in [4.69, 9.17) is 17.0 Å². The van der Waals surface area contributed by atoms with Crippen LogP contribution in [0.2, 0.25) is 0 Å². The van der Waals surface area contributed by atoms with Crippen LogP contribution in [0.15, 0.2) is 61.2 Å². The first-order valence-electron chi connectivity index (χ1n) is 9.98. The molecule has 2 amide bonds. The molecule has 162 valence electrons. The maximum atomic E-state index is 13.7. The number of ether oxygens (including phenoxy) is 1. The van der Waals surface area contributed by atoms with Crippen LogP contribution in [0.25, 0.3) is 0 Å². The van der Waals surface area contributed by atoms with Crippen LogP contribution in [0, 0.1) is 5.82 Å². The van der Waals surface area contributed by atoms with Gasteiger partial charge in [0, 0.05) is 12.2 Å². The van der Waals surface area contributed by atoms with Gasteiger partial charge in [-0.15, -0.1) is 6.58 Å². The second-order valence-electron chi connectivity index (χ2n) is 7.02. The number of amides is 2. The number of carbonyl (C=O) groups is 2. The number of benzene rings is 2. The molecule has 0 radical (unpaired) electrons. The first-order chi connectivity index (χ1) is 14.9. The summed E-state index contributed by atoms with van der Waals surface area (Å²) in [5.41, 5.74) is 0.925. The predicted octanol–water partition coefficient (Wildman–Crippen LogP) is 4.13. The molecule has 1 saturated heterocycles. The Morgan fingerprint density at radius 2 is 2.03 bits per heavy atom. The van der Waals surface area contributed by atoms with Gasteiger partial charge in [-0.25, -0.2) is 4.39 Å². The van der Waals surface area contributed by atoms with E-state index in [9.17, 15) is 14.0 Å². The molecule has 1 aliphatic rings. The molecule has 8 heteroatoms. The minimum atomic E-state index is -0.805. The van der Waals surface area contributed by atoms with Gasteiger partial charge in [-0.3, -0.25) is 14.5 Å². The van der Waals surface area contributed by atoms with Crippen LogP contribution in [-0.4, -0.2) is 41.0 Å². The Morgan fingerprint density at radius 3 is 2.68 bits per heavy atom. The van der Waals surface area contributed by atoms with Gasteiger partial charge in [0.05, 0.1) is 18.7 Å². The van der Waals surface area contributed by atoms with Crippen LogP contribution < -0.4 is 15.0 Å². The summed E-state index contributed by atoms with van der Waals surface area (Å²) in [6.45, 7) is 6.64. The minimum absolute atomic E-state index is 0.104. The van der Waals surface area contributed by atoms with Gasteiger partial charge >= 0.3 is 0 Å². The van der Waals surface area contributed by atoms with Gasteiger partial charge in [0.2, 0.25) is 5.91 Å². The Kier molecular flexibility index (Phi) is 7.36. The topological polar surface area (TPSA) is 61.9 Å². The summed E-state index contributed by atoms with van der Waals surface area (Å²) in [4.78, 5) is 28.6. The third-order valence-corrected chi connectivity index (χ3v) is 5.12. The molecule has 31 heavy (non-hydrogen) atoms. The Hall–Kier alpha value is -3.26. The Bertz CT molecular complexity index is 980. The third-order valence-electron chi connectivity index (χ3n) is 4.70. The lowest BCUT2D eigenvalue weighted by Gasteiger charge is -2.22. The van der Waals surface area contributed by atoms with Crippen LogP contribution in [0.5, 0.6) is 5.75 Å². The monoisotopic (exact) mass is 441 g/mol. The molecular formula is C23H24FN3O3S. The summed E-state index contributed by atoms with van der Waals surface area (Å²) in [6, 6.07) is 11.9. The highest BCUT2D eigenvalue weighted by Crippen LogP contribution is 2.28. The summed E-state index contributed by atoms with van der Waals surface area (Å²) >= 11 is 5.45. The lowest BCUT2D eigenvalue weighted by atomic mass is 10.1. The van der Waals surface area contributed by atoms with Crippen molar-refractivity contribution in [1.82, 2.24) is 4.90 Å². The zero-order valence-electron chi connectivity index (χ0n) is 17.2. The summed E-state index contributed by atoms with van der Waals surface area (Å²) < 4.78 is 19.2. The molecule has 0 bridgehead atoms. The van der Waals surface area contributed by atoms with Crippen molar-refractivity contribution in [1.29, 1.82) is 0 Å². The molecule has 1 atom stereocenters. The Balaban J connectivity index is 1.72. The molecule has 6 nitrogen and oxygen atoms in total. The van der Waals surface area contributed by atoms with Crippen LogP contribution in [0.1, 0.15) is 19.8 Å². The molecule has 0 saturated carbocycles. The van der Waals surface area contributed by atoms with Gasteiger partial charge in [-0.1, -0.05) is 19.1 Å². The van der Waals surface area contributed by atoms with E-state index in [1.54, 1.807) is 41.3 Å². The number of halogens is 1. The molecular weight excluding hydrogens is 417 g/mol. The average molecular weight is 442 g/mol. The Morgan fingerprint density at radius 1 is 1.29 bits per heavy atom. The number of carbonyl (C=O) groups excluding carboxylic acids is 2. The standard InChI is InChI=1S/C23H24FN3O3S/c1-3-12-26-20(22(29)27(23(26)31)18-7-5-6-16(24)14-18)15-21(28)25-17-8-10-19(11-9-17)30-13-4-2/h3,5-11,14,20H,1,4,12-13,15H2,2H3,(H,25,28). The largest absolute Gasteiger partial charge is 0.494 e. The molecule has 0 spiro atoms. The number of nitrogens with one attached hydrogen (secondary N) is 1. The number of anilines is 2. The number of hydrogen-bond acceptors (Lipinski definition) is 4. The van der Waals surface area contributed by atoms with Crippen molar-refractivity contribution in [2.75, 3.05) is 23.4 Å². The van der Waals surface area contributed by atoms with E-state index in [2.05, 4.69) is 11.9 Å². The highest BCUT2D eigenvalue weighted by Gasteiger charge is 2.43. The normalized spacial score (nSPS) is 15.9. The number of rotatable bonds is 9. The first-order valence-corrected chi connectivity index (χ1v) is 10.4. The molecule has 2 aromatic rings. The quantitative estimate of drug-likeness (QED) is 0.468. The van der Waals surface area contributed by atoms with E-state index < -0.39 is 11.9 Å². The minimum Gasteiger partial charge on any atom is -0.494 e. The lowest BCUT2D eigenvalue weighted by molar-refractivity contribution is -0.124. The summed E-state index contributed by atoms with van der Waals surface area (Å²) in [5, 5.41) is 3.01. The maximum absolute atomic E-state index is 13.7. The van der Waals surface area contributed by atoms with Crippen LogP contribution in [0.3, 0.4) is 0 Å².